The van der Waals surface area contributed by atoms with Gasteiger partial charge in [-0.05, 0) is 14.0 Å². The lowest BCUT2D eigenvalue weighted by atomic mass is 9.74. The number of ketones is 1. The Bertz CT molecular complexity index is 163. The fraction of sp³-hybridized carbons (Fsp3) is 0.900. The van der Waals surface area contributed by atoms with Crippen molar-refractivity contribution in [1.29, 1.82) is 0 Å². The third-order valence-corrected chi connectivity index (χ3v) is 2.22. The van der Waals surface area contributed by atoms with Gasteiger partial charge in [0.15, 0.2) is 0 Å². The van der Waals surface area contributed by atoms with Crippen molar-refractivity contribution in [1.82, 2.24) is 4.90 Å². The fourth-order valence-electron chi connectivity index (χ4n) is 2.17. The largest absolute Gasteiger partial charge is 0.298 e. The molecule has 12 heavy (non-hydrogen) atoms. The molecule has 0 aliphatic carbocycles. The summed E-state index contributed by atoms with van der Waals surface area (Å²) in [6.45, 7) is 11.0. The van der Waals surface area contributed by atoms with Gasteiger partial charge in [-0.3, -0.25) is 9.69 Å². The van der Waals surface area contributed by atoms with Crippen LogP contribution in [0.3, 0.4) is 0 Å². The first-order chi connectivity index (χ1) is 5.45. The van der Waals surface area contributed by atoms with E-state index in [1.54, 1.807) is 6.92 Å². The second kappa shape index (κ2) is 4.04. The van der Waals surface area contributed by atoms with E-state index in [1.165, 1.54) is 0 Å². The molecule has 2 nitrogen and oxygen atoms in total. The zero-order chi connectivity index (χ0) is 9.94. The minimum absolute atomic E-state index is 0.160. The quantitative estimate of drug-likeness (QED) is 0.601. The summed E-state index contributed by atoms with van der Waals surface area (Å²) < 4.78 is 0. The van der Waals surface area contributed by atoms with Crippen molar-refractivity contribution in [2.24, 2.45) is 5.41 Å². The van der Waals surface area contributed by atoms with Gasteiger partial charge in [0.2, 0.25) is 0 Å². The summed E-state index contributed by atoms with van der Waals surface area (Å²) in [6, 6.07) is 0.160. The van der Waals surface area contributed by atoms with Crippen molar-refractivity contribution in [3.8, 4) is 0 Å². The highest BCUT2D eigenvalue weighted by Crippen LogP contribution is 2.35. The Morgan fingerprint density at radius 1 is 1.42 bits per heavy atom. The molecule has 1 aliphatic rings. The Morgan fingerprint density at radius 2 is 1.83 bits per heavy atom. The Kier molecular flexibility index (Phi) is 3.91. The third-order valence-electron chi connectivity index (χ3n) is 2.22. The number of likely N-dealkylation sites (N-methyl/N-ethyl adjacent to an activating group) is 1. The predicted molar refractivity (Wildman–Crippen MR) is 52.2 cm³/mol. The zero-order valence-corrected chi connectivity index (χ0v) is 9.14. The molecule has 0 N–H and O–H groups in total. The van der Waals surface area contributed by atoms with Gasteiger partial charge in [0.05, 0.1) is 6.04 Å². The van der Waals surface area contributed by atoms with Crippen LogP contribution in [0.2, 0.25) is 0 Å². The van der Waals surface area contributed by atoms with Crippen molar-refractivity contribution in [2.45, 2.75) is 40.7 Å². The van der Waals surface area contributed by atoms with Gasteiger partial charge in [-0.1, -0.05) is 27.7 Å². The van der Waals surface area contributed by atoms with Gasteiger partial charge in [-0.2, -0.15) is 0 Å². The summed E-state index contributed by atoms with van der Waals surface area (Å²) in [7, 11) is 2.00. The van der Waals surface area contributed by atoms with Crippen molar-refractivity contribution in [3.63, 3.8) is 0 Å². The number of nitrogens with zero attached hydrogens (tertiary/aromatic N) is 1. The van der Waals surface area contributed by atoms with E-state index >= 15 is 0 Å². The summed E-state index contributed by atoms with van der Waals surface area (Å²) in [5.74, 6) is 0.291. The van der Waals surface area contributed by atoms with Crippen LogP contribution in [0.5, 0.6) is 0 Å². The minimum Gasteiger partial charge on any atom is -0.298 e. The van der Waals surface area contributed by atoms with E-state index in [9.17, 15) is 4.79 Å². The Hall–Kier alpha value is -0.370. The number of hydrogen-bond donors (Lipinski definition) is 0. The van der Waals surface area contributed by atoms with E-state index in [1.807, 2.05) is 20.9 Å². The molecule has 0 amide bonds. The summed E-state index contributed by atoms with van der Waals surface area (Å²) in [4.78, 5) is 13.1. The topological polar surface area (TPSA) is 20.3 Å². The molecular formula is C10H21NO. The van der Waals surface area contributed by atoms with Crippen molar-refractivity contribution >= 4 is 5.78 Å². The lowest BCUT2D eigenvalue weighted by Gasteiger charge is -2.51. The van der Waals surface area contributed by atoms with Crippen LogP contribution < -0.4 is 0 Å². The van der Waals surface area contributed by atoms with Gasteiger partial charge in [0.1, 0.15) is 5.78 Å². The molecule has 0 aromatic carbocycles. The van der Waals surface area contributed by atoms with Gasteiger partial charge in [-0.25, -0.2) is 0 Å². The molecule has 0 aromatic heterocycles. The van der Waals surface area contributed by atoms with Gasteiger partial charge < -0.3 is 0 Å². The molecule has 1 unspecified atom stereocenters. The zero-order valence-electron chi connectivity index (χ0n) is 9.14. The Labute approximate surface area is 75.9 Å². The lowest BCUT2D eigenvalue weighted by Crippen LogP contribution is -2.62. The number of carbonyl (C=O) groups is 1. The van der Waals surface area contributed by atoms with Crippen LogP contribution >= 0.6 is 0 Å². The SMILES string of the molecule is CC.CC(=O)C1N(C)CC1(C)C. The molecule has 72 valence electrons. The van der Waals surface area contributed by atoms with E-state index in [-0.39, 0.29) is 11.5 Å². The van der Waals surface area contributed by atoms with Gasteiger partial charge in [0.25, 0.3) is 0 Å². The summed E-state index contributed by atoms with van der Waals surface area (Å²) >= 11 is 0. The van der Waals surface area contributed by atoms with Crippen LogP contribution in [-0.2, 0) is 4.79 Å². The van der Waals surface area contributed by atoms with E-state index < -0.39 is 0 Å². The number of carbonyl (C=O) groups excluding carboxylic acids is 1. The minimum atomic E-state index is 0.160. The Balaban J connectivity index is 0.000000561. The molecule has 1 atom stereocenters. The number of hydrogen-bond acceptors (Lipinski definition) is 2. The average molecular weight is 171 g/mol. The van der Waals surface area contributed by atoms with Crippen LogP contribution in [-0.4, -0.2) is 30.3 Å². The average Bonchev–Trinajstić information content (AvgIpc) is 1.87. The molecule has 0 saturated carbocycles. The maximum absolute atomic E-state index is 11.0. The second-order valence-electron chi connectivity index (χ2n) is 3.92. The van der Waals surface area contributed by atoms with E-state index in [0.29, 0.717) is 5.78 Å². The highest BCUT2D eigenvalue weighted by atomic mass is 16.1. The van der Waals surface area contributed by atoms with Crippen LogP contribution in [0.1, 0.15) is 34.6 Å². The van der Waals surface area contributed by atoms with Crippen LogP contribution in [0.4, 0.5) is 0 Å². The van der Waals surface area contributed by atoms with Gasteiger partial charge in [-0.15, -0.1) is 0 Å². The number of rotatable bonds is 1. The lowest BCUT2D eigenvalue weighted by molar-refractivity contribution is -0.136. The molecule has 0 bridgehead atoms. The summed E-state index contributed by atoms with van der Waals surface area (Å²) in [6.07, 6.45) is 0. The Morgan fingerprint density at radius 3 is 1.92 bits per heavy atom. The molecule has 1 heterocycles. The molecule has 0 radical (unpaired) electrons. The van der Waals surface area contributed by atoms with Crippen molar-refractivity contribution in [2.75, 3.05) is 13.6 Å². The highest BCUT2D eigenvalue weighted by molar-refractivity contribution is 5.83. The molecule has 1 aliphatic heterocycles. The molecular weight excluding hydrogens is 150 g/mol. The summed E-state index contributed by atoms with van der Waals surface area (Å²) in [5, 5.41) is 0. The molecule has 2 heteroatoms. The molecule has 0 aromatic rings. The smallest absolute Gasteiger partial charge is 0.147 e. The third kappa shape index (κ3) is 2.07. The van der Waals surface area contributed by atoms with Gasteiger partial charge >= 0.3 is 0 Å². The van der Waals surface area contributed by atoms with Crippen LogP contribution in [0.25, 0.3) is 0 Å². The monoisotopic (exact) mass is 171 g/mol. The molecule has 1 saturated heterocycles. The number of Topliss-reactive ketones (excluding diaryl/α,β-unsaturated/α-hetero) is 1. The first-order valence-electron chi connectivity index (χ1n) is 4.66. The predicted octanol–water partition coefficient (Wildman–Crippen LogP) is 1.94. The second-order valence-corrected chi connectivity index (χ2v) is 3.92. The maximum atomic E-state index is 11.0. The fourth-order valence-corrected chi connectivity index (χ4v) is 2.17. The summed E-state index contributed by atoms with van der Waals surface area (Å²) in [5.41, 5.74) is 0.209. The normalized spacial score (nSPS) is 26.7. The standard InChI is InChI=1S/C8H15NO.C2H6/c1-6(10)7-8(2,3)5-9(7)4;1-2/h7H,5H2,1-4H3;1-2H3. The number of likely N-dealkylation sites (tertiary alicyclic amines) is 1. The van der Waals surface area contributed by atoms with Gasteiger partial charge in [0, 0.05) is 12.0 Å². The van der Waals surface area contributed by atoms with Crippen molar-refractivity contribution < 1.29 is 4.79 Å². The van der Waals surface area contributed by atoms with Crippen LogP contribution in [0, 0.1) is 5.41 Å². The van der Waals surface area contributed by atoms with E-state index in [4.69, 9.17) is 0 Å². The molecule has 1 fully saturated rings. The van der Waals surface area contributed by atoms with E-state index in [0.717, 1.165) is 6.54 Å². The first kappa shape index (κ1) is 11.6. The first-order valence-corrected chi connectivity index (χ1v) is 4.66. The maximum Gasteiger partial charge on any atom is 0.147 e. The van der Waals surface area contributed by atoms with E-state index in [2.05, 4.69) is 18.7 Å². The molecule has 0 spiro atoms. The van der Waals surface area contributed by atoms with Crippen molar-refractivity contribution in [3.05, 3.63) is 0 Å². The molecule has 1 rings (SSSR count). The highest BCUT2D eigenvalue weighted by Gasteiger charge is 2.45. The van der Waals surface area contributed by atoms with Crippen LogP contribution in [0.15, 0.2) is 0 Å².